The summed E-state index contributed by atoms with van der Waals surface area (Å²) < 4.78 is 72.0. The van der Waals surface area contributed by atoms with E-state index < -0.39 is 41.4 Å². The van der Waals surface area contributed by atoms with E-state index in [2.05, 4.69) is 4.18 Å². The second kappa shape index (κ2) is 5.44. The third-order valence-electron chi connectivity index (χ3n) is 2.77. The summed E-state index contributed by atoms with van der Waals surface area (Å²) in [7, 11) is -3.60. The number of hydrogen-bond acceptors (Lipinski definition) is 4. The van der Waals surface area contributed by atoms with Crippen LogP contribution >= 0.6 is 0 Å². The van der Waals surface area contributed by atoms with Gasteiger partial charge in [0.05, 0.1) is 12.9 Å². The van der Waals surface area contributed by atoms with Crippen molar-refractivity contribution >= 4 is 16.2 Å². The van der Waals surface area contributed by atoms with E-state index in [4.69, 9.17) is 8.22 Å². The van der Waals surface area contributed by atoms with Gasteiger partial charge in [-0.05, 0) is 38.9 Å². The molecule has 106 valence electrons. The lowest BCUT2D eigenvalue weighted by Crippen LogP contribution is -2.41. The van der Waals surface area contributed by atoms with Crippen LogP contribution in [0.1, 0.15) is 41.2 Å². The third kappa shape index (κ3) is 4.45. The molecule has 1 fully saturated rings. The molecule has 1 N–H and O–H groups in total. The van der Waals surface area contributed by atoms with Crippen molar-refractivity contribution < 1.29 is 30.7 Å². The van der Waals surface area contributed by atoms with Crippen molar-refractivity contribution in [2.24, 2.45) is 5.92 Å². The molecular formula is C11H21NO5S. The minimum Gasteiger partial charge on any atom is -0.465 e. The highest BCUT2D eigenvalue weighted by Crippen LogP contribution is 2.34. The molecule has 0 bridgehead atoms. The lowest BCUT2D eigenvalue weighted by Gasteiger charge is -2.28. The van der Waals surface area contributed by atoms with Gasteiger partial charge >= 0.3 is 6.09 Å². The van der Waals surface area contributed by atoms with E-state index in [1.807, 2.05) is 0 Å². The Morgan fingerprint density at radius 3 is 2.72 bits per heavy atom. The van der Waals surface area contributed by atoms with Gasteiger partial charge in [0.25, 0.3) is 10.1 Å². The van der Waals surface area contributed by atoms with Gasteiger partial charge in [-0.1, -0.05) is 0 Å². The van der Waals surface area contributed by atoms with E-state index in [1.54, 1.807) is 0 Å². The van der Waals surface area contributed by atoms with Crippen molar-refractivity contribution in [2.45, 2.75) is 38.5 Å². The fourth-order valence-corrected chi connectivity index (χ4v) is 2.44. The zero-order valence-electron chi connectivity index (χ0n) is 16.0. The van der Waals surface area contributed by atoms with Crippen molar-refractivity contribution in [1.29, 1.82) is 0 Å². The summed E-state index contributed by atoms with van der Waals surface area (Å²) in [4.78, 5) is 11.9. The summed E-state index contributed by atoms with van der Waals surface area (Å²) >= 11 is 0. The molecule has 0 saturated carbocycles. The molecule has 6 nitrogen and oxygen atoms in total. The number of likely N-dealkylation sites (tertiary alicyclic amines) is 1. The Labute approximate surface area is 116 Å². The monoisotopic (exact) mass is 285 g/mol. The van der Waals surface area contributed by atoms with E-state index in [0.29, 0.717) is 4.90 Å². The Kier molecular flexibility index (Phi) is 2.53. The maximum atomic E-state index is 11.4. The van der Waals surface area contributed by atoms with Crippen LogP contribution in [0.3, 0.4) is 0 Å². The highest BCUT2D eigenvalue weighted by atomic mass is 32.2. The first kappa shape index (κ1) is 8.37. The molecule has 1 aliphatic rings. The fraction of sp³-hybridized carbons (Fsp3) is 0.909. The van der Waals surface area contributed by atoms with Gasteiger partial charge in [-0.15, -0.1) is 0 Å². The maximum absolute atomic E-state index is 11.4. The van der Waals surface area contributed by atoms with E-state index >= 15 is 0 Å². The largest absolute Gasteiger partial charge is 0.465 e. The molecule has 0 aliphatic carbocycles. The van der Waals surface area contributed by atoms with Crippen LogP contribution in [0.4, 0.5) is 4.79 Å². The van der Waals surface area contributed by atoms with Crippen LogP contribution in [0.5, 0.6) is 0 Å². The van der Waals surface area contributed by atoms with Gasteiger partial charge in [-0.3, -0.25) is 4.18 Å². The Balaban J connectivity index is 2.95. The predicted octanol–water partition coefficient (Wildman–Crippen LogP) is 1.52. The number of nitrogens with zero attached hydrogens (tertiary/aromatic N) is 1. The van der Waals surface area contributed by atoms with Crippen molar-refractivity contribution in [3.05, 3.63) is 0 Å². The minimum atomic E-state index is -3.60. The molecule has 0 aromatic carbocycles. The third-order valence-corrected chi connectivity index (χ3v) is 3.37. The van der Waals surface area contributed by atoms with Gasteiger partial charge in [0.1, 0.15) is 0 Å². The predicted molar refractivity (Wildman–Crippen MR) is 66.9 cm³/mol. The summed E-state index contributed by atoms with van der Waals surface area (Å²) in [5, 5.41) is 9.29. The average molecular weight is 285 g/mol. The zero-order valence-corrected chi connectivity index (χ0v) is 10.9. The molecule has 0 spiro atoms. The molecule has 1 amide bonds. The number of carboxylic acid groups (broad SMARTS) is 1. The van der Waals surface area contributed by atoms with Crippen LogP contribution < -0.4 is 0 Å². The molecule has 7 heteroatoms. The van der Waals surface area contributed by atoms with Crippen molar-refractivity contribution in [1.82, 2.24) is 4.90 Å². The van der Waals surface area contributed by atoms with Crippen LogP contribution in [0.2, 0.25) is 0 Å². The maximum Gasteiger partial charge on any atom is 0.407 e. The first-order valence-electron chi connectivity index (χ1n) is 8.47. The lowest BCUT2D eigenvalue weighted by atomic mass is 9.93. The highest BCUT2D eigenvalue weighted by Gasteiger charge is 2.40. The van der Waals surface area contributed by atoms with Crippen LogP contribution in [0.15, 0.2) is 0 Å². The molecule has 0 aromatic heterocycles. The van der Waals surface area contributed by atoms with Gasteiger partial charge < -0.3 is 10.0 Å². The first-order valence-corrected chi connectivity index (χ1v) is 7.28. The molecule has 1 atom stereocenters. The molecule has 1 saturated heterocycles. The summed E-state index contributed by atoms with van der Waals surface area (Å²) in [6.07, 6.45) is -0.554. The van der Waals surface area contributed by atoms with Crippen molar-refractivity contribution in [3.8, 4) is 0 Å². The molecule has 0 unspecified atom stereocenters. The Morgan fingerprint density at radius 2 is 2.28 bits per heavy atom. The van der Waals surface area contributed by atoms with Crippen molar-refractivity contribution in [2.75, 3.05) is 19.4 Å². The topological polar surface area (TPSA) is 83.9 Å². The van der Waals surface area contributed by atoms with Gasteiger partial charge in [0.2, 0.25) is 0 Å². The molecule has 1 aliphatic heterocycles. The van der Waals surface area contributed by atoms with E-state index in [1.165, 1.54) is 0 Å². The highest BCUT2D eigenvalue weighted by molar-refractivity contribution is 7.85. The van der Waals surface area contributed by atoms with Crippen molar-refractivity contribution in [3.63, 3.8) is 0 Å². The second-order valence-electron chi connectivity index (χ2n) is 4.49. The van der Waals surface area contributed by atoms with Gasteiger partial charge in [-0.2, -0.15) is 8.42 Å². The molecule has 1 heterocycles. The molecule has 1 rings (SSSR count). The molecule has 0 aromatic rings. The minimum absolute atomic E-state index is 0.128. The van der Waals surface area contributed by atoms with Gasteiger partial charge in [-0.25, -0.2) is 4.79 Å². The number of rotatable bonds is 5. The van der Waals surface area contributed by atoms with Crippen LogP contribution in [0, 0.1) is 5.92 Å². The Hall–Kier alpha value is -0.820. The van der Waals surface area contributed by atoms with Gasteiger partial charge in [0.15, 0.2) is 0 Å². The summed E-state index contributed by atoms with van der Waals surface area (Å²) in [5.74, 6) is -0.509. The Morgan fingerprint density at radius 1 is 1.61 bits per heavy atom. The quantitative estimate of drug-likeness (QED) is 0.611. The number of carbonyl (C=O) groups is 1. The number of hydrogen-bond donors (Lipinski definition) is 1. The van der Waals surface area contributed by atoms with E-state index in [9.17, 15) is 18.3 Å². The summed E-state index contributed by atoms with van der Waals surface area (Å²) in [5.41, 5.74) is -2.46. The second-order valence-corrected chi connectivity index (χ2v) is 6.14. The van der Waals surface area contributed by atoms with Crippen LogP contribution in [-0.4, -0.2) is 49.5 Å². The van der Waals surface area contributed by atoms with E-state index in [-0.39, 0.29) is 32.4 Å². The van der Waals surface area contributed by atoms with Gasteiger partial charge in [0, 0.05) is 20.3 Å². The average Bonchev–Trinajstić information content (AvgIpc) is 2.73. The first-order chi connectivity index (χ1) is 10.6. The van der Waals surface area contributed by atoms with Crippen LogP contribution in [0.25, 0.3) is 0 Å². The normalized spacial score (nSPS) is 29.6. The summed E-state index contributed by atoms with van der Waals surface area (Å²) in [6, 6.07) is 0. The summed E-state index contributed by atoms with van der Waals surface area (Å²) in [6.45, 7) is -6.40. The van der Waals surface area contributed by atoms with Crippen LogP contribution in [-0.2, 0) is 14.3 Å². The standard InChI is InChI=1S/C11H21NO5S/c1-11(2)7-9(8-12(11)10(13)14)5-4-6-17-18(3,15)16/h9H,4-8H2,1-3H3,(H,13,14)/t9-/m0/s1/i1D3,2D3. The fourth-order valence-electron chi connectivity index (χ4n) is 2.02. The SMILES string of the molecule is [2H]C([2H])([2H])C1(C([2H])([2H])[2H])C[C@H](CCCOS(C)(=O)=O)CN1C(=O)O. The molecular weight excluding hydrogens is 258 g/mol. The van der Waals surface area contributed by atoms with E-state index in [0.717, 1.165) is 6.26 Å². The number of amides is 1. The molecule has 0 radical (unpaired) electrons. The zero-order chi connectivity index (χ0) is 19.0. The Bertz CT molecular complexity index is 558. The lowest BCUT2D eigenvalue weighted by molar-refractivity contribution is 0.117. The molecule has 18 heavy (non-hydrogen) atoms. The smallest absolute Gasteiger partial charge is 0.407 e.